The number of carbonyl (C=O) groups excluding carboxylic acids is 2. The van der Waals surface area contributed by atoms with Crippen molar-refractivity contribution in [2.75, 3.05) is 0 Å². The molecular weight excluding hydrogens is 212 g/mol. The number of aldehydes is 1. The molecule has 0 spiro atoms. The van der Waals surface area contributed by atoms with E-state index in [0.717, 1.165) is 6.29 Å². The van der Waals surface area contributed by atoms with E-state index in [1.165, 1.54) is 11.3 Å². The monoisotopic (exact) mass is 220 g/mol. The molecule has 1 amide bonds. The second-order valence-corrected chi connectivity index (χ2v) is 3.82. The highest BCUT2D eigenvalue weighted by Gasteiger charge is 2.12. The van der Waals surface area contributed by atoms with E-state index < -0.39 is 5.91 Å². The van der Waals surface area contributed by atoms with Gasteiger partial charge < -0.3 is 10.3 Å². The van der Waals surface area contributed by atoms with Crippen molar-refractivity contribution in [2.24, 2.45) is 5.73 Å². The molecule has 0 aliphatic rings. The summed E-state index contributed by atoms with van der Waals surface area (Å²) < 4.78 is 1.65. The Kier molecular flexibility index (Phi) is 2.39. The fraction of sp³-hybridized carbons (Fsp3) is 0. The molecule has 5 heteroatoms. The molecule has 0 bridgehead atoms. The lowest BCUT2D eigenvalue weighted by Gasteiger charge is -2.03. The predicted octanol–water partition coefficient (Wildman–Crippen LogP) is 1.45. The molecule has 2 rings (SSSR count). The summed E-state index contributed by atoms with van der Waals surface area (Å²) in [7, 11) is 0. The molecule has 0 saturated heterocycles. The number of thiophene rings is 1. The molecule has 0 radical (unpaired) electrons. The minimum Gasteiger partial charge on any atom is -0.366 e. The Morgan fingerprint density at radius 3 is 2.93 bits per heavy atom. The lowest BCUT2D eigenvalue weighted by molar-refractivity contribution is 0.0999. The number of rotatable bonds is 3. The fourth-order valence-corrected chi connectivity index (χ4v) is 2.26. The van der Waals surface area contributed by atoms with Crippen LogP contribution in [0.2, 0.25) is 0 Å². The van der Waals surface area contributed by atoms with Gasteiger partial charge in [-0.3, -0.25) is 9.59 Å². The van der Waals surface area contributed by atoms with Gasteiger partial charge in [-0.05, 0) is 23.6 Å². The van der Waals surface area contributed by atoms with Crippen molar-refractivity contribution in [3.05, 3.63) is 41.0 Å². The zero-order valence-electron chi connectivity index (χ0n) is 7.71. The average molecular weight is 220 g/mol. The first-order chi connectivity index (χ1) is 7.24. The van der Waals surface area contributed by atoms with Crippen molar-refractivity contribution in [2.45, 2.75) is 0 Å². The standard InChI is InChI=1S/C10H8N2O2S/c11-9(14)8-3-5-15-10(8)12-4-1-2-7(12)6-13/h1-6H,(H2,11,14). The number of carbonyl (C=O) groups is 2. The smallest absolute Gasteiger partial charge is 0.251 e. The molecule has 76 valence electrons. The Bertz CT molecular complexity index is 513. The Labute approximate surface area is 89.9 Å². The summed E-state index contributed by atoms with van der Waals surface area (Å²) in [4.78, 5) is 21.8. The van der Waals surface area contributed by atoms with Gasteiger partial charge in [-0.15, -0.1) is 11.3 Å². The molecule has 0 aromatic carbocycles. The Balaban J connectivity index is 2.58. The molecule has 15 heavy (non-hydrogen) atoms. The molecule has 0 aliphatic heterocycles. The van der Waals surface area contributed by atoms with Crippen LogP contribution in [0.1, 0.15) is 20.8 Å². The third-order valence-corrected chi connectivity index (χ3v) is 2.94. The minimum atomic E-state index is -0.489. The van der Waals surface area contributed by atoms with E-state index in [4.69, 9.17) is 5.73 Å². The van der Waals surface area contributed by atoms with Crippen LogP contribution in [-0.4, -0.2) is 16.8 Å². The lowest BCUT2D eigenvalue weighted by atomic mass is 10.3. The molecule has 0 saturated carbocycles. The highest BCUT2D eigenvalue weighted by molar-refractivity contribution is 7.13. The molecule has 0 atom stereocenters. The predicted molar refractivity (Wildman–Crippen MR) is 57.6 cm³/mol. The summed E-state index contributed by atoms with van der Waals surface area (Å²) in [6.45, 7) is 0. The van der Waals surface area contributed by atoms with Crippen LogP contribution >= 0.6 is 11.3 Å². The van der Waals surface area contributed by atoms with Crippen LogP contribution in [-0.2, 0) is 0 Å². The van der Waals surface area contributed by atoms with E-state index in [-0.39, 0.29) is 0 Å². The molecule has 0 unspecified atom stereocenters. The van der Waals surface area contributed by atoms with Crippen LogP contribution in [0.3, 0.4) is 0 Å². The first-order valence-electron chi connectivity index (χ1n) is 4.24. The Morgan fingerprint density at radius 2 is 2.27 bits per heavy atom. The quantitative estimate of drug-likeness (QED) is 0.795. The number of hydrogen-bond donors (Lipinski definition) is 1. The van der Waals surface area contributed by atoms with Crippen LogP contribution in [0, 0.1) is 0 Å². The van der Waals surface area contributed by atoms with Crippen LogP contribution in [0.25, 0.3) is 5.00 Å². The van der Waals surface area contributed by atoms with Gasteiger partial charge in [0.05, 0.1) is 11.3 Å². The number of aromatic nitrogens is 1. The summed E-state index contributed by atoms with van der Waals surface area (Å²) in [5, 5.41) is 2.44. The first-order valence-corrected chi connectivity index (χ1v) is 5.12. The number of hydrogen-bond acceptors (Lipinski definition) is 3. The third-order valence-electron chi connectivity index (χ3n) is 2.03. The second-order valence-electron chi connectivity index (χ2n) is 2.92. The van der Waals surface area contributed by atoms with Gasteiger partial charge in [0.25, 0.3) is 5.91 Å². The van der Waals surface area contributed by atoms with Gasteiger partial charge in [-0.2, -0.15) is 0 Å². The van der Waals surface area contributed by atoms with Crippen LogP contribution in [0.4, 0.5) is 0 Å². The Morgan fingerprint density at radius 1 is 1.47 bits per heavy atom. The normalized spacial score (nSPS) is 10.1. The summed E-state index contributed by atoms with van der Waals surface area (Å²) >= 11 is 1.37. The summed E-state index contributed by atoms with van der Waals surface area (Å²) in [5.74, 6) is -0.489. The molecule has 0 fully saturated rings. The van der Waals surface area contributed by atoms with E-state index in [1.54, 1.807) is 34.3 Å². The van der Waals surface area contributed by atoms with Gasteiger partial charge in [-0.1, -0.05) is 0 Å². The topological polar surface area (TPSA) is 65.1 Å². The number of primary amides is 1. The fourth-order valence-electron chi connectivity index (χ4n) is 1.35. The van der Waals surface area contributed by atoms with Crippen LogP contribution in [0.15, 0.2) is 29.8 Å². The van der Waals surface area contributed by atoms with Gasteiger partial charge >= 0.3 is 0 Å². The summed E-state index contributed by atoms with van der Waals surface area (Å²) in [5.41, 5.74) is 6.15. The van der Waals surface area contributed by atoms with Crippen molar-refractivity contribution >= 4 is 23.5 Å². The SMILES string of the molecule is NC(=O)c1ccsc1-n1cccc1C=O. The maximum absolute atomic E-state index is 11.1. The van der Waals surface area contributed by atoms with Crippen molar-refractivity contribution < 1.29 is 9.59 Å². The van der Waals surface area contributed by atoms with Gasteiger partial charge in [-0.25, -0.2) is 0 Å². The average Bonchev–Trinajstić information content (AvgIpc) is 2.85. The van der Waals surface area contributed by atoms with Crippen molar-refractivity contribution in [3.8, 4) is 5.00 Å². The third kappa shape index (κ3) is 1.57. The molecule has 4 nitrogen and oxygen atoms in total. The zero-order chi connectivity index (χ0) is 10.8. The van der Waals surface area contributed by atoms with E-state index in [1.807, 2.05) is 0 Å². The molecule has 2 heterocycles. The van der Waals surface area contributed by atoms with Crippen molar-refractivity contribution in [3.63, 3.8) is 0 Å². The first kappa shape index (κ1) is 9.67. The van der Waals surface area contributed by atoms with E-state index >= 15 is 0 Å². The summed E-state index contributed by atoms with van der Waals surface area (Å²) in [6.07, 6.45) is 2.46. The highest BCUT2D eigenvalue weighted by atomic mass is 32.1. The van der Waals surface area contributed by atoms with Crippen molar-refractivity contribution in [1.82, 2.24) is 4.57 Å². The maximum Gasteiger partial charge on any atom is 0.251 e. The molecule has 0 aliphatic carbocycles. The van der Waals surface area contributed by atoms with Crippen LogP contribution < -0.4 is 5.73 Å². The molecule has 2 aromatic rings. The van der Waals surface area contributed by atoms with Gasteiger partial charge in [0.2, 0.25) is 0 Å². The zero-order valence-corrected chi connectivity index (χ0v) is 8.53. The number of amides is 1. The number of nitrogens with zero attached hydrogens (tertiary/aromatic N) is 1. The lowest BCUT2D eigenvalue weighted by Crippen LogP contribution is -2.12. The van der Waals surface area contributed by atoms with E-state index in [9.17, 15) is 9.59 Å². The van der Waals surface area contributed by atoms with Gasteiger partial charge in [0.15, 0.2) is 6.29 Å². The van der Waals surface area contributed by atoms with Crippen molar-refractivity contribution in [1.29, 1.82) is 0 Å². The Hall–Kier alpha value is -1.88. The highest BCUT2D eigenvalue weighted by Crippen LogP contribution is 2.22. The van der Waals surface area contributed by atoms with Crippen LogP contribution in [0.5, 0.6) is 0 Å². The van der Waals surface area contributed by atoms with E-state index in [0.29, 0.717) is 16.3 Å². The van der Waals surface area contributed by atoms with E-state index in [2.05, 4.69) is 0 Å². The minimum absolute atomic E-state index is 0.430. The molecular formula is C10H8N2O2S. The second kappa shape index (κ2) is 3.70. The molecule has 2 aromatic heterocycles. The molecule has 2 N–H and O–H groups in total. The van der Waals surface area contributed by atoms with Gasteiger partial charge in [0, 0.05) is 6.20 Å². The number of nitrogens with two attached hydrogens (primary N) is 1. The summed E-state index contributed by atoms with van der Waals surface area (Å²) in [6, 6.07) is 5.07. The van der Waals surface area contributed by atoms with Gasteiger partial charge in [0.1, 0.15) is 5.00 Å². The maximum atomic E-state index is 11.1. The largest absolute Gasteiger partial charge is 0.366 e.